The molecule has 0 aliphatic rings. The Morgan fingerprint density at radius 1 is 1.28 bits per heavy atom. The first-order valence-electron chi connectivity index (χ1n) is 6.68. The summed E-state index contributed by atoms with van der Waals surface area (Å²) in [4.78, 5) is 4.74. The van der Waals surface area contributed by atoms with Gasteiger partial charge in [-0.2, -0.15) is 0 Å². The van der Waals surface area contributed by atoms with Crippen LogP contribution in [0.1, 0.15) is 52.4 Å². The van der Waals surface area contributed by atoms with Gasteiger partial charge in [0.1, 0.15) is 5.82 Å². The average molecular weight is 245 g/mol. The second kappa shape index (κ2) is 4.73. The van der Waals surface area contributed by atoms with Gasteiger partial charge in [-0.3, -0.25) is 0 Å². The molecule has 2 rings (SSSR count). The summed E-state index contributed by atoms with van der Waals surface area (Å²) in [7, 11) is 0. The van der Waals surface area contributed by atoms with E-state index in [0.29, 0.717) is 0 Å². The maximum atomic E-state index is 6.28. The lowest BCUT2D eigenvalue weighted by Crippen LogP contribution is -2.27. The van der Waals surface area contributed by atoms with Crippen molar-refractivity contribution in [1.82, 2.24) is 9.55 Å². The molecule has 0 saturated carbocycles. The van der Waals surface area contributed by atoms with E-state index in [1.807, 2.05) is 6.07 Å². The van der Waals surface area contributed by atoms with Gasteiger partial charge in [0, 0.05) is 5.54 Å². The standard InChI is InChI=1S/C15H23N3/c1-5-8-11(16)14-17-12-9-6-7-10-13(12)18(14)15(2,3)4/h6-7,9-11H,5,8,16H2,1-4H3. The van der Waals surface area contributed by atoms with Crippen molar-refractivity contribution in [2.75, 3.05) is 0 Å². The number of benzene rings is 1. The molecule has 2 aromatic rings. The van der Waals surface area contributed by atoms with E-state index in [0.717, 1.165) is 24.2 Å². The normalized spacial score (nSPS) is 14.1. The number of nitrogens with zero attached hydrogens (tertiary/aromatic N) is 2. The molecule has 0 bridgehead atoms. The summed E-state index contributed by atoms with van der Waals surface area (Å²) in [6.07, 6.45) is 2.05. The van der Waals surface area contributed by atoms with Crippen LogP contribution < -0.4 is 5.73 Å². The first-order chi connectivity index (χ1) is 8.45. The molecule has 2 N–H and O–H groups in total. The van der Waals surface area contributed by atoms with Crippen LogP contribution in [0, 0.1) is 0 Å². The second-order valence-electron chi connectivity index (χ2n) is 5.86. The fraction of sp³-hybridized carbons (Fsp3) is 0.533. The molecule has 18 heavy (non-hydrogen) atoms. The first-order valence-corrected chi connectivity index (χ1v) is 6.68. The highest BCUT2D eigenvalue weighted by Gasteiger charge is 2.24. The smallest absolute Gasteiger partial charge is 0.127 e. The molecule has 98 valence electrons. The Bertz CT molecular complexity index is 534. The number of rotatable bonds is 3. The Labute approximate surface area is 109 Å². The Balaban J connectivity index is 2.64. The number of imidazole rings is 1. The summed E-state index contributed by atoms with van der Waals surface area (Å²) < 4.78 is 2.28. The summed E-state index contributed by atoms with van der Waals surface area (Å²) in [5.74, 6) is 1.01. The zero-order valence-electron chi connectivity index (χ0n) is 11.8. The molecule has 0 spiro atoms. The zero-order chi connectivity index (χ0) is 13.3. The van der Waals surface area contributed by atoms with Crippen LogP contribution in [-0.2, 0) is 5.54 Å². The van der Waals surface area contributed by atoms with Gasteiger partial charge in [0.15, 0.2) is 0 Å². The van der Waals surface area contributed by atoms with Crippen LogP contribution >= 0.6 is 0 Å². The number of fused-ring (bicyclic) bond motifs is 1. The summed E-state index contributed by atoms with van der Waals surface area (Å²) in [6, 6.07) is 8.27. The highest BCUT2D eigenvalue weighted by atomic mass is 15.1. The van der Waals surface area contributed by atoms with Gasteiger partial charge < -0.3 is 10.3 Å². The van der Waals surface area contributed by atoms with Crippen LogP contribution in [0.4, 0.5) is 0 Å². The van der Waals surface area contributed by atoms with Crippen LogP contribution in [0.25, 0.3) is 11.0 Å². The van der Waals surface area contributed by atoms with Gasteiger partial charge in [-0.1, -0.05) is 25.5 Å². The van der Waals surface area contributed by atoms with Crippen LogP contribution in [0.3, 0.4) is 0 Å². The average Bonchev–Trinajstić information content (AvgIpc) is 2.68. The van der Waals surface area contributed by atoms with Gasteiger partial charge in [0.25, 0.3) is 0 Å². The molecule has 1 atom stereocenters. The summed E-state index contributed by atoms with van der Waals surface area (Å²) >= 11 is 0. The van der Waals surface area contributed by atoms with Crippen molar-refractivity contribution < 1.29 is 0 Å². The summed E-state index contributed by atoms with van der Waals surface area (Å²) in [5, 5.41) is 0. The van der Waals surface area contributed by atoms with Crippen molar-refractivity contribution in [3.63, 3.8) is 0 Å². The molecule has 3 heteroatoms. The fourth-order valence-electron chi connectivity index (χ4n) is 2.44. The van der Waals surface area contributed by atoms with Gasteiger partial charge in [0.2, 0.25) is 0 Å². The molecule has 1 heterocycles. The Hall–Kier alpha value is -1.35. The van der Waals surface area contributed by atoms with E-state index in [9.17, 15) is 0 Å². The third-order valence-corrected chi connectivity index (χ3v) is 3.19. The second-order valence-corrected chi connectivity index (χ2v) is 5.86. The van der Waals surface area contributed by atoms with E-state index in [2.05, 4.69) is 50.5 Å². The largest absolute Gasteiger partial charge is 0.321 e. The molecule has 0 saturated heterocycles. The van der Waals surface area contributed by atoms with Gasteiger partial charge in [-0.15, -0.1) is 0 Å². The molecule has 0 radical (unpaired) electrons. The van der Waals surface area contributed by atoms with E-state index < -0.39 is 0 Å². The molecule has 1 aromatic carbocycles. The van der Waals surface area contributed by atoms with Crippen LogP contribution in [-0.4, -0.2) is 9.55 Å². The Kier molecular flexibility index (Phi) is 3.44. The van der Waals surface area contributed by atoms with Crippen molar-refractivity contribution in [1.29, 1.82) is 0 Å². The maximum absolute atomic E-state index is 6.28. The van der Waals surface area contributed by atoms with E-state index in [-0.39, 0.29) is 11.6 Å². The van der Waals surface area contributed by atoms with Gasteiger partial charge in [-0.25, -0.2) is 4.98 Å². The van der Waals surface area contributed by atoms with Crippen molar-refractivity contribution in [2.24, 2.45) is 5.73 Å². The molecule has 1 unspecified atom stereocenters. The number of hydrogen-bond donors (Lipinski definition) is 1. The van der Waals surface area contributed by atoms with Gasteiger partial charge in [-0.05, 0) is 39.3 Å². The number of hydrogen-bond acceptors (Lipinski definition) is 2. The zero-order valence-corrected chi connectivity index (χ0v) is 11.8. The first kappa shape index (κ1) is 13.1. The predicted octanol–water partition coefficient (Wildman–Crippen LogP) is 3.59. The van der Waals surface area contributed by atoms with Crippen molar-refractivity contribution in [3.8, 4) is 0 Å². The van der Waals surface area contributed by atoms with Crippen LogP contribution in [0.15, 0.2) is 24.3 Å². The molecule has 0 aliphatic heterocycles. The number of para-hydroxylation sites is 2. The third-order valence-electron chi connectivity index (χ3n) is 3.19. The highest BCUT2D eigenvalue weighted by Crippen LogP contribution is 2.28. The molecule has 0 aliphatic carbocycles. The lowest BCUT2D eigenvalue weighted by molar-refractivity contribution is 0.379. The SMILES string of the molecule is CCCC(N)c1nc2ccccc2n1C(C)(C)C. The van der Waals surface area contributed by atoms with Gasteiger partial charge >= 0.3 is 0 Å². The lowest BCUT2D eigenvalue weighted by atomic mass is 10.1. The third kappa shape index (κ3) is 2.27. The quantitative estimate of drug-likeness (QED) is 0.898. The maximum Gasteiger partial charge on any atom is 0.127 e. The molecule has 0 fully saturated rings. The molecule has 0 amide bonds. The van der Waals surface area contributed by atoms with Crippen molar-refractivity contribution in [3.05, 3.63) is 30.1 Å². The van der Waals surface area contributed by atoms with Gasteiger partial charge in [0.05, 0.1) is 17.1 Å². The van der Waals surface area contributed by atoms with E-state index in [4.69, 9.17) is 10.7 Å². The van der Waals surface area contributed by atoms with Crippen LogP contribution in [0.2, 0.25) is 0 Å². The molecule has 1 aromatic heterocycles. The molecular formula is C15H23N3. The predicted molar refractivity (Wildman–Crippen MR) is 76.6 cm³/mol. The minimum absolute atomic E-state index is 0.00318. The highest BCUT2D eigenvalue weighted by molar-refractivity contribution is 5.76. The molecule has 3 nitrogen and oxygen atoms in total. The minimum Gasteiger partial charge on any atom is -0.321 e. The van der Waals surface area contributed by atoms with E-state index >= 15 is 0 Å². The Morgan fingerprint density at radius 3 is 2.56 bits per heavy atom. The van der Waals surface area contributed by atoms with E-state index in [1.165, 1.54) is 5.52 Å². The van der Waals surface area contributed by atoms with E-state index in [1.54, 1.807) is 0 Å². The Morgan fingerprint density at radius 2 is 1.94 bits per heavy atom. The molecular weight excluding hydrogens is 222 g/mol. The topological polar surface area (TPSA) is 43.8 Å². The number of nitrogens with two attached hydrogens (primary N) is 1. The van der Waals surface area contributed by atoms with Crippen molar-refractivity contribution >= 4 is 11.0 Å². The lowest BCUT2D eigenvalue weighted by Gasteiger charge is -2.26. The minimum atomic E-state index is -0.00318. The summed E-state index contributed by atoms with van der Waals surface area (Å²) in [6.45, 7) is 8.75. The monoisotopic (exact) mass is 245 g/mol. The van der Waals surface area contributed by atoms with Crippen LogP contribution in [0.5, 0.6) is 0 Å². The summed E-state index contributed by atoms with van der Waals surface area (Å²) in [5.41, 5.74) is 8.49. The number of aromatic nitrogens is 2. The fourth-order valence-corrected chi connectivity index (χ4v) is 2.44. The van der Waals surface area contributed by atoms with Crippen molar-refractivity contribution in [2.45, 2.75) is 52.1 Å².